The number of furan rings is 1. The zero-order valence-electron chi connectivity index (χ0n) is 8.93. The smallest absolute Gasteiger partial charge is 0.148 e. The number of aryl methyl sites for hydroxylation is 1. The molecule has 2 nitrogen and oxygen atoms in total. The summed E-state index contributed by atoms with van der Waals surface area (Å²) in [5.74, 6) is 1.04. The maximum absolute atomic E-state index is 5.85. The minimum absolute atomic E-state index is 0.782. The first-order valence-electron chi connectivity index (χ1n) is 5.11. The van der Waals surface area contributed by atoms with Crippen LogP contribution in [-0.2, 0) is 13.0 Å². The molecule has 0 unspecified atom stereocenters. The Hall–Kier alpha value is -0.800. The van der Waals surface area contributed by atoms with Crippen LogP contribution >= 0.6 is 15.9 Å². The summed E-state index contributed by atoms with van der Waals surface area (Å²) < 4.78 is 6.88. The fraction of sp³-hybridized carbons (Fsp3) is 0.333. The van der Waals surface area contributed by atoms with Crippen molar-refractivity contribution in [1.29, 1.82) is 0 Å². The van der Waals surface area contributed by atoms with Crippen LogP contribution in [0.3, 0.4) is 0 Å². The monoisotopic (exact) mass is 267 g/mol. The lowest BCUT2D eigenvalue weighted by molar-refractivity contribution is 0.523. The van der Waals surface area contributed by atoms with E-state index in [0.29, 0.717) is 0 Å². The molecule has 0 bridgehead atoms. The Bertz CT molecular complexity index is 476. The zero-order chi connectivity index (χ0) is 10.8. The fourth-order valence-electron chi connectivity index (χ4n) is 1.88. The van der Waals surface area contributed by atoms with Crippen molar-refractivity contribution < 1.29 is 4.42 Å². The van der Waals surface area contributed by atoms with E-state index >= 15 is 0 Å². The molecule has 2 rings (SSSR count). The van der Waals surface area contributed by atoms with E-state index in [2.05, 4.69) is 34.2 Å². The molecule has 3 heteroatoms. The number of benzene rings is 1. The van der Waals surface area contributed by atoms with Gasteiger partial charge in [0.2, 0.25) is 0 Å². The van der Waals surface area contributed by atoms with E-state index in [4.69, 9.17) is 4.42 Å². The Morgan fingerprint density at radius 1 is 1.40 bits per heavy atom. The molecule has 0 spiro atoms. The molecule has 80 valence electrons. The van der Waals surface area contributed by atoms with E-state index in [0.717, 1.165) is 28.8 Å². The first-order valence-corrected chi connectivity index (χ1v) is 5.90. The van der Waals surface area contributed by atoms with E-state index in [1.54, 1.807) is 0 Å². The molecule has 0 saturated carbocycles. The highest BCUT2D eigenvalue weighted by Crippen LogP contribution is 2.31. The van der Waals surface area contributed by atoms with Crippen LogP contribution in [0.2, 0.25) is 0 Å². The second kappa shape index (κ2) is 4.37. The number of rotatable bonds is 3. The molecule has 0 aliphatic rings. The summed E-state index contributed by atoms with van der Waals surface area (Å²) in [5.41, 5.74) is 2.26. The van der Waals surface area contributed by atoms with E-state index in [1.165, 1.54) is 10.9 Å². The summed E-state index contributed by atoms with van der Waals surface area (Å²) in [4.78, 5) is 0. The summed E-state index contributed by atoms with van der Waals surface area (Å²) in [6.07, 6.45) is 1.00. The molecule has 1 heterocycles. The topological polar surface area (TPSA) is 25.2 Å². The second-order valence-corrected chi connectivity index (χ2v) is 4.36. The summed E-state index contributed by atoms with van der Waals surface area (Å²) in [7, 11) is 1.93. The van der Waals surface area contributed by atoms with Crippen LogP contribution in [0.5, 0.6) is 0 Å². The maximum Gasteiger partial charge on any atom is 0.148 e. The van der Waals surface area contributed by atoms with Gasteiger partial charge < -0.3 is 9.73 Å². The zero-order valence-corrected chi connectivity index (χ0v) is 10.5. The van der Waals surface area contributed by atoms with Crippen LogP contribution in [0.25, 0.3) is 11.0 Å². The van der Waals surface area contributed by atoms with Gasteiger partial charge in [0.15, 0.2) is 0 Å². The Morgan fingerprint density at radius 3 is 2.87 bits per heavy atom. The summed E-state index contributed by atoms with van der Waals surface area (Å²) in [6.45, 7) is 2.94. The van der Waals surface area contributed by atoms with Crippen LogP contribution < -0.4 is 5.32 Å². The van der Waals surface area contributed by atoms with Gasteiger partial charge in [0, 0.05) is 10.9 Å². The van der Waals surface area contributed by atoms with Gasteiger partial charge in [0.05, 0.1) is 11.0 Å². The molecule has 1 aromatic heterocycles. The van der Waals surface area contributed by atoms with Gasteiger partial charge in [-0.05, 0) is 35.5 Å². The van der Waals surface area contributed by atoms with Gasteiger partial charge in [-0.25, -0.2) is 0 Å². The lowest BCUT2D eigenvalue weighted by Crippen LogP contribution is -2.05. The predicted molar refractivity (Wildman–Crippen MR) is 66.1 cm³/mol. The lowest BCUT2D eigenvalue weighted by Gasteiger charge is -1.97. The van der Waals surface area contributed by atoms with Gasteiger partial charge >= 0.3 is 0 Å². The minimum atomic E-state index is 0.782. The highest BCUT2D eigenvalue weighted by Gasteiger charge is 2.13. The normalized spacial score (nSPS) is 11.1. The molecule has 2 aromatic rings. The molecule has 15 heavy (non-hydrogen) atoms. The number of nitrogens with one attached hydrogen (secondary N) is 1. The van der Waals surface area contributed by atoms with Crippen molar-refractivity contribution in [3.63, 3.8) is 0 Å². The summed E-state index contributed by atoms with van der Waals surface area (Å²) in [6, 6.07) is 6.17. The van der Waals surface area contributed by atoms with Crippen molar-refractivity contribution in [3.05, 3.63) is 34.0 Å². The average molecular weight is 268 g/mol. The lowest BCUT2D eigenvalue weighted by atomic mass is 10.1. The largest absolute Gasteiger partial charge is 0.458 e. The summed E-state index contributed by atoms with van der Waals surface area (Å²) in [5, 5.41) is 4.35. The molecule has 0 amide bonds. The Kier molecular flexibility index (Phi) is 3.12. The Balaban J connectivity index is 2.67. The van der Waals surface area contributed by atoms with Crippen molar-refractivity contribution in [2.24, 2.45) is 0 Å². The van der Waals surface area contributed by atoms with Crippen LogP contribution in [0.1, 0.15) is 18.2 Å². The Labute approximate surface area is 97.8 Å². The third-order valence-corrected chi connectivity index (χ3v) is 3.17. The van der Waals surface area contributed by atoms with Gasteiger partial charge in [0.1, 0.15) is 11.3 Å². The van der Waals surface area contributed by atoms with E-state index in [-0.39, 0.29) is 0 Å². The highest BCUT2D eigenvalue weighted by molar-refractivity contribution is 9.10. The number of fused-ring (bicyclic) bond motifs is 1. The number of halogens is 1. The number of hydrogen-bond donors (Lipinski definition) is 1. The molecule has 1 N–H and O–H groups in total. The van der Waals surface area contributed by atoms with Crippen LogP contribution in [0.4, 0.5) is 0 Å². The summed E-state index contributed by atoms with van der Waals surface area (Å²) >= 11 is 3.51. The molecule has 0 atom stereocenters. The molecule has 0 radical (unpaired) electrons. The molecular formula is C12H14BrNO. The van der Waals surface area contributed by atoms with E-state index in [1.807, 2.05) is 19.2 Å². The molecule has 0 aliphatic carbocycles. The quantitative estimate of drug-likeness (QED) is 0.921. The van der Waals surface area contributed by atoms with Crippen molar-refractivity contribution >= 4 is 26.9 Å². The van der Waals surface area contributed by atoms with Crippen LogP contribution in [0.15, 0.2) is 27.1 Å². The highest BCUT2D eigenvalue weighted by atomic mass is 79.9. The van der Waals surface area contributed by atoms with E-state index < -0.39 is 0 Å². The van der Waals surface area contributed by atoms with Crippen molar-refractivity contribution in [2.75, 3.05) is 7.05 Å². The predicted octanol–water partition coefficient (Wildman–Crippen LogP) is 3.48. The van der Waals surface area contributed by atoms with Crippen LogP contribution in [0, 0.1) is 0 Å². The molecular weight excluding hydrogens is 254 g/mol. The van der Waals surface area contributed by atoms with Gasteiger partial charge in [0.25, 0.3) is 0 Å². The number of hydrogen-bond acceptors (Lipinski definition) is 2. The maximum atomic E-state index is 5.85. The van der Waals surface area contributed by atoms with Crippen molar-refractivity contribution in [3.8, 4) is 0 Å². The number of para-hydroxylation sites is 1. The molecule has 0 aliphatic heterocycles. The van der Waals surface area contributed by atoms with Gasteiger partial charge in [-0.2, -0.15) is 0 Å². The first kappa shape index (κ1) is 10.7. The fourth-order valence-corrected chi connectivity index (χ4v) is 2.32. The van der Waals surface area contributed by atoms with Gasteiger partial charge in [-0.3, -0.25) is 0 Å². The van der Waals surface area contributed by atoms with Crippen molar-refractivity contribution in [1.82, 2.24) is 5.32 Å². The third kappa shape index (κ3) is 1.82. The molecule has 0 saturated heterocycles. The van der Waals surface area contributed by atoms with E-state index in [9.17, 15) is 0 Å². The molecule has 1 aromatic carbocycles. The second-order valence-electron chi connectivity index (χ2n) is 3.50. The average Bonchev–Trinajstić information content (AvgIpc) is 2.58. The van der Waals surface area contributed by atoms with Gasteiger partial charge in [-0.15, -0.1) is 0 Å². The van der Waals surface area contributed by atoms with Gasteiger partial charge in [-0.1, -0.05) is 19.1 Å². The molecule has 0 fully saturated rings. The third-order valence-electron chi connectivity index (χ3n) is 2.54. The van der Waals surface area contributed by atoms with Crippen molar-refractivity contribution in [2.45, 2.75) is 19.9 Å². The standard InChI is InChI=1S/C12H14BrNO/c1-3-8-9-5-4-6-10(13)12(9)15-11(8)7-14-2/h4-6,14H,3,7H2,1-2H3. The van der Waals surface area contributed by atoms with Crippen LogP contribution in [-0.4, -0.2) is 7.05 Å². The Morgan fingerprint density at radius 2 is 2.20 bits per heavy atom. The SMILES string of the molecule is CCc1c(CNC)oc2c(Br)cccc12. The minimum Gasteiger partial charge on any atom is -0.458 e. The first-order chi connectivity index (χ1) is 7.27.